The van der Waals surface area contributed by atoms with Gasteiger partial charge in [-0.3, -0.25) is 4.79 Å². The summed E-state index contributed by atoms with van der Waals surface area (Å²) in [6.07, 6.45) is 1.77. The molecule has 86 valence electrons. The Morgan fingerprint density at radius 3 is 2.06 bits per heavy atom. The molecule has 0 atom stereocenters. The van der Waals surface area contributed by atoms with E-state index in [1.54, 1.807) is 0 Å². The molecule has 0 spiro atoms. The van der Waals surface area contributed by atoms with E-state index in [0.29, 0.717) is 13.1 Å². The Hall–Kier alpha value is -1.52. The molecule has 0 radical (unpaired) electrons. The molecule has 1 saturated heterocycles. The van der Waals surface area contributed by atoms with Crippen molar-refractivity contribution in [3.63, 3.8) is 0 Å². The average molecular weight is 229 g/mol. The minimum Gasteiger partial charge on any atom is -0.339 e. The fraction of sp³-hybridized carbons (Fsp3) is 0.364. The van der Waals surface area contributed by atoms with Gasteiger partial charge in [0, 0.05) is 18.7 Å². The highest BCUT2D eigenvalue weighted by Crippen LogP contribution is 2.17. The Balaban J connectivity index is 2.29. The second kappa shape index (κ2) is 4.15. The van der Waals surface area contributed by atoms with Crippen molar-refractivity contribution in [1.82, 2.24) is 4.90 Å². The number of likely N-dealkylation sites (tertiary alicyclic amines) is 1. The molecule has 0 bridgehead atoms. The van der Waals surface area contributed by atoms with Crippen molar-refractivity contribution in [3.8, 4) is 0 Å². The minimum atomic E-state index is -1.54. The first-order chi connectivity index (χ1) is 7.59. The number of amides is 1. The van der Waals surface area contributed by atoms with Gasteiger partial charge in [0.1, 0.15) is 0 Å². The molecule has 1 aliphatic heterocycles. The van der Waals surface area contributed by atoms with Gasteiger partial charge in [-0.25, -0.2) is 13.2 Å². The first-order valence-corrected chi connectivity index (χ1v) is 5.03. The van der Waals surface area contributed by atoms with Crippen molar-refractivity contribution in [2.45, 2.75) is 12.8 Å². The monoisotopic (exact) mass is 229 g/mol. The van der Waals surface area contributed by atoms with Crippen molar-refractivity contribution in [2.24, 2.45) is 0 Å². The molecule has 2 nitrogen and oxygen atoms in total. The highest BCUT2D eigenvalue weighted by Gasteiger charge is 2.22. The van der Waals surface area contributed by atoms with Crippen LogP contribution in [-0.2, 0) is 0 Å². The summed E-state index contributed by atoms with van der Waals surface area (Å²) in [5.41, 5.74) is -0.140. The van der Waals surface area contributed by atoms with E-state index in [2.05, 4.69) is 0 Å². The van der Waals surface area contributed by atoms with E-state index in [0.717, 1.165) is 25.0 Å². The van der Waals surface area contributed by atoms with Crippen molar-refractivity contribution < 1.29 is 18.0 Å². The fourth-order valence-corrected chi connectivity index (χ4v) is 1.78. The van der Waals surface area contributed by atoms with Gasteiger partial charge < -0.3 is 4.90 Å². The van der Waals surface area contributed by atoms with Crippen LogP contribution >= 0.6 is 0 Å². The fourth-order valence-electron chi connectivity index (χ4n) is 1.78. The van der Waals surface area contributed by atoms with E-state index < -0.39 is 23.4 Å². The normalized spacial score (nSPS) is 15.6. The molecule has 0 N–H and O–H groups in total. The molecule has 0 aliphatic carbocycles. The SMILES string of the molecule is O=C(c1cc(F)c(F)c(F)c1)N1CCCC1. The Morgan fingerprint density at radius 2 is 1.56 bits per heavy atom. The first-order valence-electron chi connectivity index (χ1n) is 5.03. The van der Waals surface area contributed by atoms with Gasteiger partial charge in [0.15, 0.2) is 17.5 Å². The van der Waals surface area contributed by atoms with E-state index in [1.165, 1.54) is 4.90 Å². The van der Waals surface area contributed by atoms with Crippen molar-refractivity contribution in [3.05, 3.63) is 35.1 Å². The number of carbonyl (C=O) groups is 1. The largest absolute Gasteiger partial charge is 0.339 e. The Bertz CT molecular complexity index is 404. The first kappa shape index (κ1) is 11.0. The zero-order valence-electron chi connectivity index (χ0n) is 8.47. The van der Waals surface area contributed by atoms with Crippen LogP contribution in [0, 0.1) is 17.5 Å². The van der Waals surface area contributed by atoms with Crippen LogP contribution in [-0.4, -0.2) is 23.9 Å². The van der Waals surface area contributed by atoms with Crippen molar-refractivity contribution in [1.29, 1.82) is 0 Å². The van der Waals surface area contributed by atoms with Gasteiger partial charge >= 0.3 is 0 Å². The van der Waals surface area contributed by atoms with Crippen LogP contribution < -0.4 is 0 Å². The molecule has 0 aromatic heterocycles. The van der Waals surface area contributed by atoms with Crippen LogP contribution in [0.25, 0.3) is 0 Å². The Labute approximate surface area is 90.7 Å². The topological polar surface area (TPSA) is 20.3 Å². The maximum absolute atomic E-state index is 12.9. The molecule has 1 aliphatic rings. The van der Waals surface area contributed by atoms with Crippen LogP contribution in [0.4, 0.5) is 13.2 Å². The van der Waals surface area contributed by atoms with Crippen molar-refractivity contribution >= 4 is 5.91 Å². The standard InChI is InChI=1S/C11H10F3NO/c12-8-5-7(6-9(13)10(8)14)11(16)15-3-1-2-4-15/h5-6H,1-4H2. The highest BCUT2D eigenvalue weighted by molar-refractivity contribution is 5.94. The molecule has 1 aromatic rings. The van der Waals surface area contributed by atoms with Gasteiger partial charge in [0.05, 0.1) is 0 Å². The van der Waals surface area contributed by atoms with Crippen LogP contribution in [0.2, 0.25) is 0 Å². The molecule has 1 heterocycles. The summed E-state index contributed by atoms with van der Waals surface area (Å²) < 4.78 is 38.5. The van der Waals surface area contributed by atoms with Gasteiger partial charge in [-0.1, -0.05) is 0 Å². The molecule has 1 aromatic carbocycles. The van der Waals surface area contributed by atoms with Gasteiger partial charge in [-0.05, 0) is 25.0 Å². The maximum Gasteiger partial charge on any atom is 0.254 e. The smallest absolute Gasteiger partial charge is 0.254 e. The lowest BCUT2D eigenvalue weighted by Crippen LogP contribution is -2.27. The summed E-state index contributed by atoms with van der Waals surface area (Å²) in [4.78, 5) is 13.2. The lowest BCUT2D eigenvalue weighted by atomic mass is 10.2. The molecule has 16 heavy (non-hydrogen) atoms. The van der Waals surface area contributed by atoms with Crippen LogP contribution in [0.3, 0.4) is 0 Å². The van der Waals surface area contributed by atoms with E-state index in [9.17, 15) is 18.0 Å². The van der Waals surface area contributed by atoms with Gasteiger partial charge in [0.2, 0.25) is 0 Å². The second-order valence-electron chi connectivity index (χ2n) is 3.75. The van der Waals surface area contributed by atoms with Crippen LogP contribution in [0.1, 0.15) is 23.2 Å². The van der Waals surface area contributed by atoms with Gasteiger partial charge in [-0.15, -0.1) is 0 Å². The third kappa shape index (κ3) is 1.89. The Kier molecular flexibility index (Phi) is 2.85. The zero-order valence-corrected chi connectivity index (χ0v) is 8.47. The minimum absolute atomic E-state index is 0.140. The van der Waals surface area contributed by atoms with E-state index >= 15 is 0 Å². The zero-order chi connectivity index (χ0) is 11.7. The number of halogens is 3. The highest BCUT2D eigenvalue weighted by atomic mass is 19.2. The predicted molar refractivity (Wildman–Crippen MR) is 51.5 cm³/mol. The molecule has 2 rings (SSSR count). The summed E-state index contributed by atoms with van der Waals surface area (Å²) in [6, 6.07) is 1.47. The van der Waals surface area contributed by atoms with Crippen LogP contribution in [0.15, 0.2) is 12.1 Å². The number of hydrogen-bond donors (Lipinski definition) is 0. The number of hydrogen-bond acceptors (Lipinski definition) is 1. The molecule has 5 heteroatoms. The number of nitrogens with zero attached hydrogens (tertiary/aromatic N) is 1. The summed E-state index contributed by atoms with van der Waals surface area (Å²) in [7, 11) is 0. The summed E-state index contributed by atoms with van der Waals surface area (Å²) in [6.45, 7) is 1.17. The molecular formula is C11H10F3NO. The summed E-state index contributed by atoms with van der Waals surface area (Å²) >= 11 is 0. The average Bonchev–Trinajstić information content (AvgIpc) is 2.77. The second-order valence-corrected chi connectivity index (χ2v) is 3.75. The summed E-state index contributed by atoms with van der Waals surface area (Å²) in [5.74, 6) is -4.65. The number of benzene rings is 1. The lowest BCUT2D eigenvalue weighted by Gasteiger charge is -2.15. The van der Waals surface area contributed by atoms with Crippen LogP contribution in [0.5, 0.6) is 0 Å². The van der Waals surface area contributed by atoms with Crippen molar-refractivity contribution in [2.75, 3.05) is 13.1 Å². The number of rotatable bonds is 1. The van der Waals surface area contributed by atoms with E-state index in [4.69, 9.17) is 0 Å². The lowest BCUT2D eigenvalue weighted by molar-refractivity contribution is 0.0791. The van der Waals surface area contributed by atoms with Gasteiger partial charge in [0.25, 0.3) is 5.91 Å². The number of carbonyl (C=O) groups excluding carboxylic acids is 1. The third-order valence-electron chi connectivity index (χ3n) is 2.62. The third-order valence-corrected chi connectivity index (χ3v) is 2.62. The Morgan fingerprint density at radius 1 is 1.06 bits per heavy atom. The van der Waals surface area contributed by atoms with E-state index in [-0.39, 0.29) is 5.56 Å². The predicted octanol–water partition coefficient (Wildman–Crippen LogP) is 2.34. The quantitative estimate of drug-likeness (QED) is 0.677. The van der Waals surface area contributed by atoms with Gasteiger partial charge in [-0.2, -0.15) is 0 Å². The maximum atomic E-state index is 12.9. The van der Waals surface area contributed by atoms with E-state index in [1.807, 2.05) is 0 Å². The molecule has 1 amide bonds. The molecular weight excluding hydrogens is 219 g/mol. The molecule has 0 saturated carbocycles. The summed E-state index contributed by atoms with van der Waals surface area (Å²) in [5, 5.41) is 0. The molecule has 1 fully saturated rings. The molecule has 0 unspecified atom stereocenters.